The van der Waals surface area contributed by atoms with Crippen LogP contribution in [0.2, 0.25) is 0 Å². The van der Waals surface area contributed by atoms with E-state index in [1.54, 1.807) is 25.9 Å². The predicted molar refractivity (Wildman–Crippen MR) is 69.1 cm³/mol. The van der Waals surface area contributed by atoms with Crippen LogP contribution >= 0.6 is 0 Å². The third-order valence-corrected chi connectivity index (χ3v) is 2.92. The molecule has 0 spiro atoms. The van der Waals surface area contributed by atoms with Crippen molar-refractivity contribution in [2.24, 2.45) is 0 Å². The van der Waals surface area contributed by atoms with Crippen LogP contribution in [-0.2, 0) is 15.7 Å². The number of ether oxygens (including phenoxy) is 1. The Labute approximate surface area is 120 Å². The van der Waals surface area contributed by atoms with Crippen molar-refractivity contribution in [2.75, 3.05) is 20.7 Å². The highest BCUT2D eigenvalue weighted by Gasteiger charge is 2.32. The zero-order chi connectivity index (χ0) is 16.2. The summed E-state index contributed by atoms with van der Waals surface area (Å²) >= 11 is 0. The molecule has 0 saturated heterocycles. The number of nitrogens with zero attached hydrogens (tertiary/aromatic N) is 1. The van der Waals surface area contributed by atoms with E-state index >= 15 is 0 Å². The topological polar surface area (TPSA) is 29.5 Å². The smallest absolute Gasteiger partial charge is 0.416 e. The molecule has 0 saturated carbocycles. The molecule has 1 aromatic rings. The Balaban J connectivity index is 3.14. The number of carbonyl (C=O) groups excluding carboxylic acids is 1. The van der Waals surface area contributed by atoms with E-state index in [0.29, 0.717) is 6.07 Å². The number of halogens is 4. The highest BCUT2D eigenvalue weighted by Crippen LogP contribution is 2.33. The van der Waals surface area contributed by atoms with E-state index in [1.165, 1.54) is 0 Å². The van der Waals surface area contributed by atoms with Crippen LogP contribution in [0.3, 0.4) is 0 Å². The lowest BCUT2D eigenvalue weighted by Crippen LogP contribution is -2.24. The molecule has 7 heteroatoms. The van der Waals surface area contributed by atoms with Gasteiger partial charge in [0.2, 0.25) is 0 Å². The molecule has 1 rings (SSSR count). The van der Waals surface area contributed by atoms with Gasteiger partial charge in [-0.05, 0) is 44.8 Å². The van der Waals surface area contributed by atoms with Gasteiger partial charge in [-0.2, -0.15) is 13.2 Å². The Morgan fingerprint density at radius 1 is 1.29 bits per heavy atom. The minimum atomic E-state index is -4.64. The summed E-state index contributed by atoms with van der Waals surface area (Å²) in [5.41, 5.74) is -0.992. The number of hydrogen-bond donors (Lipinski definition) is 0. The van der Waals surface area contributed by atoms with E-state index in [-0.39, 0.29) is 18.6 Å². The molecule has 1 aromatic carbocycles. The van der Waals surface area contributed by atoms with Gasteiger partial charge in [0.15, 0.2) is 0 Å². The zero-order valence-electron chi connectivity index (χ0n) is 12.0. The molecule has 1 atom stereocenters. The molecule has 0 aliphatic carbocycles. The highest BCUT2D eigenvalue weighted by molar-refractivity contribution is 5.70. The summed E-state index contributed by atoms with van der Waals surface area (Å²) < 4.78 is 56.4. The monoisotopic (exact) mass is 307 g/mol. The summed E-state index contributed by atoms with van der Waals surface area (Å²) in [4.78, 5) is 13.1. The van der Waals surface area contributed by atoms with Gasteiger partial charge >= 0.3 is 12.1 Å². The zero-order valence-corrected chi connectivity index (χ0v) is 12.0. The van der Waals surface area contributed by atoms with Crippen LogP contribution in [-0.4, -0.2) is 31.6 Å². The van der Waals surface area contributed by atoms with Crippen molar-refractivity contribution in [1.29, 1.82) is 0 Å². The molecule has 0 aromatic heterocycles. The van der Waals surface area contributed by atoms with Crippen molar-refractivity contribution in [3.05, 3.63) is 35.1 Å². The number of alkyl halides is 3. The molecular weight excluding hydrogens is 290 g/mol. The summed E-state index contributed by atoms with van der Waals surface area (Å²) in [6.45, 7) is 1.81. The van der Waals surface area contributed by atoms with Crippen LogP contribution in [0.15, 0.2) is 18.2 Å². The Morgan fingerprint density at radius 3 is 2.38 bits per heavy atom. The number of hydrogen-bond acceptors (Lipinski definition) is 3. The van der Waals surface area contributed by atoms with Gasteiger partial charge in [0, 0.05) is 6.04 Å². The Hall–Kier alpha value is -1.63. The molecule has 0 bridgehead atoms. The third kappa shape index (κ3) is 5.00. The molecule has 118 valence electrons. The standard InChI is InChI=1S/C14H17F4NO2/c1-4-21-13(20)8-12(19(2)3)9-5-10(14(16,17)18)7-11(15)6-9/h5-7,12H,4,8H2,1-3H3. The van der Waals surface area contributed by atoms with E-state index < -0.39 is 29.6 Å². The van der Waals surface area contributed by atoms with Crippen molar-refractivity contribution < 1.29 is 27.1 Å². The number of esters is 1. The van der Waals surface area contributed by atoms with Gasteiger partial charge in [-0.15, -0.1) is 0 Å². The summed E-state index contributed by atoms with van der Waals surface area (Å²) in [6, 6.07) is 1.59. The van der Waals surface area contributed by atoms with Gasteiger partial charge < -0.3 is 9.64 Å². The molecule has 0 aliphatic rings. The molecule has 3 nitrogen and oxygen atoms in total. The van der Waals surface area contributed by atoms with E-state index in [2.05, 4.69) is 0 Å². The van der Waals surface area contributed by atoms with Gasteiger partial charge in [0.05, 0.1) is 18.6 Å². The Bertz CT molecular complexity index is 500. The van der Waals surface area contributed by atoms with Crippen LogP contribution in [0.4, 0.5) is 17.6 Å². The second kappa shape index (κ2) is 6.89. The first kappa shape index (κ1) is 17.4. The Morgan fingerprint density at radius 2 is 1.90 bits per heavy atom. The van der Waals surface area contributed by atoms with Gasteiger partial charge in [0.25, 0.3) is 0 Å². The first-order chi connectivity index (χ1) is 9.65. The minimum absolute atomic E-state index is 0.0837. The first-order valence-electron chi connectivity index (χ1n) is 6.35. The van der Waals surface area contributed by atoms with Crippen LogP contribution < -0.4 is 0 Å². The van der Waals surface area contributed by atoms with Crippen molar-refractivity contribution >= 4 is 5.97 Å². The second-order valence-corrected chi connectivity index (χ2v) is 4.76. The molecule has 21 heavy (non-hydrogen) atoms. The van der Waals surface area contributed by atoms with Crippen LogP contribution in [0.25, 0.3) is 0 Å². The van der Waals surface area contributed by atoms with E-state index in [1.807, 2.05) is 0 Å². The quantitative estimate of drug-likeness (QED) is 0.617. The molecule has 0 amide bonds. The van der Waals surface area contributed by atoms with Crippen LogP contribution in [0.1, 0.15) is 30.5 Å². The molecule has 0 heterocycles. The highest BCUT2D eigenvalue weighted by atomic mass is 19.4. The summed E-state index contributed by atoms with van der Waals surface area (Å²) in [5, 5.41) is 0. The SMILES string of the molecule is CCOC(=O)CC(c1cc(F)cc(C(F)(F)F)c1)N(C)C. The predicted octanol–water partition coefficient (Wildman–Crippen LogP) is 3.40. The molecule has 0 fully saturated rings. The molecule has 0 radical (unpaired) electrons. The minimum Gasteiger partial charge on any atom is -0.466 e. The Kier molecular flexibility index (Phi) is 5.71. The molecule has 1 unspecified atom stereocenters. The summed E-state index contributed by atoms with van der Waals surface area (Å²) in [5.74, 6) is -1.54. The lowest BCUT2D eigenvalue weighted by atomic mass is 10.00. The largest absolute Gasteiger partial charge is 0.466 e. The number of carbonyl (C=O) groups is 1. The second-order valence-electron chi connectivity index (χ2n) is 4.76. The van der Waals surface area contributed by atoms with Crippen molar-refractivity contribution in [1.82, 2.24) is 4.90 Å². The van der Waals surface area contributed by atoms with Crippen molar-refractivity contribution in [3.8, 4) is 0 Å². The molecule has 0 aliphatic heterocycles. The maximum absolute atomic E-state index is 13.4. The first-order valence-corrected chi connectivity index (χ1v) is 6.35. The fourth-order valence-corrected chi connectivity index (χ4v) is 1.94. The average molecular weight is 307 g/mol. The van der Waals surface area contributed by atoms with Gasteiger partial charge in [-0.1, -0.05) is 0 Å². The van der Waals surface area contributed by atoms with Crippen LogP contribution in [0, 0.1) is 5.82 Å². The molecular formula is C14H17F4NO2. The summed E-state index contributed by atoms with van der Waals surface area (Å²) in [7, 11) is 3.20. The van der Waals surface area contributed by atoms with E-state index in [4.69, 9.17) is 4.74 Å². The van der Waals surface area contributed by atoms with E-state index in [9.17, 15) is 22.4 Å². The maximum atomic E-state index is 13.4. The lowest BCUT2D eigenvalue weighted by Gasteiger charge is -2.24. The van der Waals surface area contributed by atoms with Crippen LogP contribution in [0.5, 0.6) is 0 Å². The van der Waals surface area contributed by atoms with Gasteiger partial charge in [0.1, 0.15) is 5.82 Å². The normalized spacial score (nSPS) is 13.3. The lowest BCUT2D eigenvalue weighted by molar-refractivity contribution is -0.144. The summed E-state index contributed by atoms with van der Waals surface area (Å²) in [6.07, 6.45) is -4.79. The van der Waals surface area contributed by atoms with Crippen molar-refractivity contribution in [3.63, 3.8) is 0 Å². The van der Waals surface area contributed by atoms with Gasteiger partial charge in [-0.3, -0.25) is 4.79 Å². The van der Waals surface area contributed by atoms with Gasteiger partial charge in [-0.25, -0.2) is 4.39 Å². The number of rotatable bonds is 5. The van der Waals surface area contributed by atoms with E-state index in [0.717, 1.165) is 12.1 Å². The average Bonchev–Trinajstić information content (AvgIpc) is 2.34. The number of benzene rings is 1. The fraction of sp³-hybridized carbons (Fsp3) is 0.500. The molecule has 0 N–H and O–H groups in total. The fourth-order valence-electron chi connectivity index (χ4n) is 1.94. The maximum Gasteiger partial charge on any atom is 0.416 e. The van der Waals surface area contributed by atoms with Crippen molar-refractivity contribution in [2.45, 2.75) is 25.6 Å². The third-order valence-electron chi connectivity index (χ3n) is 2.92.